The van der Waals surface area contributed by atoms with E-state index >= 15 is 0 Å². The van der Waals surface area contributed by atoms with Crippen LogP contribution in [-0.4, -0.2) is 4.57 Å². The highest BCUT2D eigenvalue weighted by Gasteiger charge is 2.20. The summed E-state index contributed by atoms with van der Waals surface area (Å²) in [7, 11) is 0. The van der Waals surface area contributed by atoms with E-state index in [4.69, 9.17) is 0 Å². The number of hydrogen-bond acceptors (Lipinski definition) is 3. The summed E-state index contributed by atoms with van der Waals surface area (Å²) in [6, 6.07) is 60.2. The maximum absolute atomic E-state index is 10.4. The van der Waals surface area contributed by atoms with Crippen molar-refractivity contribution in [3.8, 4) is 57.3 Å². The molecule has 0 spiro atoms. The monoisotopic (exact) mass is 646 g/mol. The standard InChI is InChI=1S/C47H26N4/c48-27-30-18-23-45-43(24-30)36-12-8-9-17-44(36)51(45)35-22-21-34(29-50)42(26-35)41-25-32(19-20-33(41)28-49)47-39-15-6-4-13-37(39)46(31-10-2-1-3-11-31)38-14-5-7-16-40(38)47/h1-26H. The Morgan fingerprint density at radius 1 is 0.373 bits per heavy atom. The van der Waals surface area contributed by atoms with Gasteiger partial charge < -0.3 is 4.57 Å². The SMILES string of the molecule is N#Cc1ccc2c(c1)c1ccccc1n2-c1ccc(C#N)c(-c2cc(-c3c4ccccc4c(-c4ccccc4)c4ccccc34)ccc2C#N)c1. The van der Waals surface area contributed by atoms with Crippen LogP contribution in [-0.2, 0) is 0 Å². The van der Waals surface area contributed by atoms with Crippen LogP contribution in [0.25, 0.3) is 82.4 Å². The Labute approximate surface area is 294 Å². The van der Waals surface area contributed by atoms with Gasteiger partial charge in [0.2, 0.25) is 0 Å². The highest BCUT2D eigenvalue weighted by atomic mass is 15.0. The quantitative estimate of drug-likeness (QED) is 0.179. The highest BCUT2D eigenvalue weighted by Crippen LogP contribution is 2.45. The minimum absolute atomic E-state index is 0.481. The highest BCUT2D eigenvalue weighted by molar-refractivity contribution is 6.21. The van der Waals surface area contributed by atoms with Crippen molar-refractivity contribution in [2.24, 2.45) is 0 Å². The van der Waals surface area contributed by atoms with Crippen molar-refractivity contribution in [2.45, 2.75) is 0 Å². The Kier molecular flexibility index (Phi) is 6.93. The first kappa shape index (κ1) is 29.7. The van der Waals surface area contributed by atoms with Crippen LogP contribution in [0.3, 0.4) is 0 Å². The molecule has 0 atom stereocenters. The lowest BCUT2D eigenvalue weighted by Crippen LogP contribution is -1.97. The van der Waals surface area contributed by atoms with Gasteiger partial charge >= 0.3 is 0 Å². The fraction of sp³-hybridized carbons (Fsp3) is 0. The predicted molar refractivity (Wildman–Crippen MR) is 206 cm³/mol. The second-order valence-electron chi connectivity index (χ2n) is 12.6. The van der Waals surface area contributed by atoms with Gasteiger partial charge in [0.1, 0.15) is 0 Å². The van der Waals surface area contributed by atoms with Gasteiger partial charge in [0.05, 0.1) is 45.9 Å². The molecule has 0 saturated heterocycles. The number of aromatic nitrogens is 1. The summed E-state index contributed by atoms with van der Waals surface area (Å²) in [4.78, 5) is 0. The van der Waals surface area contributed by atoms with Crippen LogP contribution in [0.2, 0.25) is 0 Å². The Bertz CT molecular complexity index is 2940. The van der Waals surface area contributed by atoms with E-state index in [1.54, 1.807) is 0 Å². The molecule has 0 aliphatic rings. The van der Waals surface area contributed by atoms with Gasteiger partial charge in [-0.05, 0) is 98.4 Å². The van der Waals surface area contributed by atoms with Crippen molar-refractivity contribution < 1.29 is 0 Å². The second kappa shape index (κ2) is 11.9. The van der Waals surface area contributed by atoms with Crippen LogP contribution in [0.4, 0.5) is 0 Å². The average Bonchev–Trinajstić information content (AvgIpc) is 3.53. The summed E-state index contributed by atoms with van der Waals surface area (Å²) in [5.74, 6) is 0. The molecule has 0 fully saturated rings. The van der Waals surface area contributed by atoms with E-state index < -0.39 is 0 Å². The Morgan fingerprint density at radius 2 is 0.902 bits per heavy atom. The van der Waals surface area contributed by atoms with Crippen molar-refractivity contribution in [3.05, 3.63) is 174 Å². The predicted octanol–water partition coefficient (Wildman–Crippen LogP) is 11.7. The number of rotatable bonds is 4. The van der Waals surface area contributed by atoms with E-state index in [-0.39, 0.29) is 0 Å². The molecule has 0 radical (unpaired) electrons. The molecule has 0 N–H and O–H groups in total. The molecule has 51 heavy (non-hydrogen) atoms. The maximum Gasteiger partial charge on any atom is 0.0998 e. The molecular weight excluding hydrogens is 621 g/mol. The first-order chi connectivity index (χ1) is 25.2. The number of nitriles is 3. The molecule has 1 heterocycles. The van der Waals surface area contributed by atoms with E-state index in [9.17, 15) is 15.8 Å². The Hall–Kier alpha value is -7.45. The summed E-state index contributed by atoms with van der Waals surface area (Å²) in [5.41, 5.74) is 10.1. The fourth-order valence-corrected chi connectivity index (χ4v) is 7.69. The summed E-state index contributed by atoms with van der Waals surface area (Å²) >= 11 is 0. The van der Waals surface area contributed by atoms with Crippen LogP contribution < -0.4 is 0 Å². The Balaban J connectivity index is 1.31. The molecule has 9 rings (SSSR count). The van der Waals surface area contributed by atoms with Crippen molar-refractivity contribution >= 4 is 43.4 Å². The molecule has 0 saturated carbocycles. The average molecular weight is 647 g/mol. The van der Waals surface area contributed by atoms with Crippen LogP contribution in [0.5, 0.6) is 0 Å². The Morgan fingerprint density at radius 3 is 1.53 bits per heavy atom. The van der Waals surface area contributed by atoms with Crippen molar-refractivity contribution in [2.75, 3.05) is 0 Å². The number of hydrogen-bond donors (Lipinski definition) is 0. The van der Waals surface area contributed by atoms with Crippen molar-refractivity contribution in [1.29, 1.82) is 15.8 Å². The topological polar surface area (TPSA) is 76.3 Å². The fourth-order valence-electron chi connectivity index (χ4n) is 7.69. The van der Waals surface area contributed by atoms with Crippen LogP contribution in [0.1, 0.15) is 16.7 Å². The third-order valence-electron chi connectivity index (χ3n) is 9.90. The number of fused-ring (bicyclic) bond motifs is 5. The van der Waals surface area contributed by atoms with Crippen LogP contribution >= 0.6 is 0 Å². The first-order valence-corrected chi connectivity index (χ1v) is 16.7. The van der Waals surface area contributed by atoms with E-state index in [2.05, 4.69) is 114 Å². The lowest BCUT2D eigenvalue weighted by molar-refractivity contribution is 1.18. The first-order valence-electron chi connectivity index (χ1n) is 16.7. The summed E-state index contributed by atoms with van der Waals surface area (Å²) in [6.07, 6.45) is 0. The second-order valence-corrected chi connectivity index (χ2v) is 12.6. The molecule has 0 amide bonds. The summed E-state index contributed by atoms with van der Waals surface area (Å²) < 4.78 is 2.16. The minimum Gasteiger partial charge on any atom is -0.309 e. The molecule has 1 aromatic heterocycles. The molecule has 8 aromatic carbocycles. The van der Waals surface area contributed by atoms with E-state index in [0.717, 1.165) is 65.7 Å². The lowest BCUT2D eigenvalue weighted by atomic mass is 9.84. The van der Waals surface area contributed by atoms with Gasteiger partial charge in [0.25, 0.3) is 0 Å². The minimum atomic E-state index is 0.481. The van der Waals surface area contributed by atoms with E-state index in [0.29, 0.717) is 27.8 Å². The molecular formula is C47H26N4. The zero-order chi connectivity index (χ0) is 34.5. The number of para-hydroxylation sites is 1. The largest absolute Gasteiger partial charge is 0.309 e. The van der Waals surface area contributed by atoms with Gasteiger partial charge in [-0.2, -0.15) is 15.8 Å². The number of nitrogens with zero attached hydrogens (tertiary/aromatic N) is 4. The summed E-state index contributed by atoms with van der Waals surface area (Å²) in [6.45, 7) is 0. The molecule has 0 bridgehead atoms. The van der Waals surface area contributed by atoms with Crippen LogP contribution in [0, 0.1) is 34.0 Å². The van der Waals surface area contributed by atoms with Gasteiger partial charge in [0.15, 0.2) is 0 Å². The molecule has 9 aromatic rings. The maximum atomic E-state index is 10.4. The molecule has 0 aliphatic heterocycles. The lowest BCUT2D eigenvalue weighted by Gasteiger charge is -2.19. The van der Waals surface area contributed by atoms with Gasteiger partial charge in [-0.25, -0.2) is 0 Å². The normalized spacial score (nSPS) is 11.1. The number of benzene rings is 8. The molecule has 4 nitrogen and oxygen atoms in total. The molecule has 4 heteroatoms. The van der Waals surface area contributed by atoms with Gasteiger partial charge in [-0.3, -0.25) is 0 Å². The van der Waals surface area contributed by atoms with E-state index in [1.165, 1.54) is 5.56 Å². The molecule has 0 unspecified atom stereocenters. The van der Waals surface area contributed by atoms with E-state index in [1.807, 2.05) is 66.7 Å². The van der Waals surface area contributed by atoms with Gasteiger partial charge in [0, 0.05) is 27.6 Å². The zero-order valence-corrected chi connectivity index (χ0v) is 27.3. The van der Waals surface area contributed by atoms with Gasteiger partial charge in [-0.1, -0.05) is 103 Å². The van der Waals surface area contributed by atoms with Crippen LogP contribution in [0.15, 0.2) is 158 Å². The molecule has 234 valence electrons. The summed E-state index contributed by atoms with van der Waals surface area (Å²) in [5, 5.41) is 37.0. The van der Waals surface area contributed by atoms with Crippen molar-refractivity contribution in [1.82, 2.24) is 4.57 Å². The smallest absolute Gasteiger partial charge is 0.0998 e. The van der Waals surface area contributed by atoms with Crippen molar-refractivity contribution in [3.63, 3.8) is 0 Å². The molecule has 0 aliphatic carbocycles. The third-order valence-corrected chi connectivity index (χ3v) is 9.90. The third kappa shape index (κ3) is 4.66. The van der Waals surface area contributed by atoms with Gasteiger partial charge in [-0.15, -0.1) is 0 Å². The zero-order valence-electron chi connectivity index (χ0n) is 27.3.